The molecule has 1 aromatic heterocycles. The fourth-order valence-electron chi connectivity index (χ4n) is 1.41. The molecule has 0 atom stereocenters. The molecule has 0 N–H and O–H groups in total. The molecule has 2 rings (SSSR count). The van der Waals surface area contributed by atoms with Crippen LogP contribution in [0.2, 0.25) is 5.02 Å². The van der Waals surface area contributed by atoms with Crippen LogP contribution in [0, 0.1) is 0 Å². The van der Waals surface area contributed by atoms with E-state index < -0.39 is 9.84 Å². The standard InChI is InChI=1S/C13H11ClO3S/c14-13-3-1-12(2-4-13)10-18(15,16)8-6-11-5-7-17-9-11/h1-9H,10H2. The van der Waals surface area contributed by atoms with Gasteiger partial charge in [-0.2, -0.15) is 0 Å². The highest BCUT2D eigenvalue weighted by atomic mass is 35.5. The van der Waals surface area contributed by atoms with Crippen molar-refractivity contribution < 1.29 is 12.8 Å². The average molecular weight is 283 g/mol. The van der Waals surface area contributed by atoms with Crippen molar-refractivity contribution in [3.8, 4) is 0 Å². The van der Waals surface area contributed by atoms with Gasteiger partial charge < -0.3 is 4.42 Å². The summed E-state index contributed by atoms with van der Waals surface area (Å²) in [6, 6.07) is 8.43. The first-order valence-corrected chi connectivity index (χ1v) is 7.32. The minimum Gasteiger partial charge on any atom is -0.472 e. The van der Waals surface area contributed by atoms with Crippen LogP contribution < -0.4 is 0 Å². The lowest BCUT2D eigenvalue weighted by Gasteiger charge is -1.99. The molecule has 0 saturated heterocycles. The van der Waals surface area contributed by atoms with Crippen molar-refractivity contribution in [3.63, 3.8) is 0 Å². The van der Waals surface area contributed by atoms with Crippen molar-refractivity contribution in [3.05, 3.63) is 64.4 Å². The Kier molecular flexibility index (Phi) is 3.89. The molecule has 5 heteroatoms. The predicted molar refractivity (Wildman–Crippen MR) is 71.8 cm³/mol. The quantitative estimate of drug-likeness (QED) is 0.862. The van der Waals surface area contributed by atoms with Crippen LogP contribution in [-0.4, -0.2) is 8.42 Å². The van der Waals surface area contributed by atoms with E-state index in [1.165, 1.54) is 24.0 Å². The van der Waals surface area contributed by atoms with Crippen LogP contribution >= 0.6 is 11.6 Å². The van der Waals surface area contributed by atoms with Crippen LogP contribution in [0.3, 0.4) is 0 Å². The molecule has 0 aliphatic rings. The van der Waals surface area contributed by atoms with Gasteiger partial charge in [0, 0.05) is 16.0 Å². The summed E-state index contributed by atoms with van der Waals surface area (Å²) < 4.78 is 28.5. The molecule has 0 radical (unpaired) electrons. The zero-order valence-corrected chi connectivity index (χ0v) is 11.0. The molecule has 18 heavy (non-hydrogen) atoms. The molecule has 94 valence electrons. The fraction of sp³-hybridized carbons (Fsp3) is 0.0769. The van der Waals surface area contributed by atoms with Crippen molar-refractivity contribution in [1.82, 2.24) is 0 Å². The fourth-order valence-corrected chi connectivity index (χ4v) is 2.66. The number of halogens is 1. The van der Waals surface area contributed by atoms with Crippen molar-refractivity contribution in [2.45, 2.75) is 5.75 Å². The summed E-state index contributed by atoms with van der Waals surface area (Å²) in [5.41, 5.74) is 1.42. The molecule has 1 heterocycles. The van der Waals surface area contributed by atoms with Crippen molar-refractivity contribution in [2.24, 2.45) is 0 Å². The highest BCUT2D eigenvalue weighted by Crippen LogP contribution is 2.14. The summed E-state index contributed by atoms with van der Waals surface area (Å²) in [6.07, 6.45) is 4.48. The summed E-state index contributed by atoms with van der Waals surface area (Å²) in [7, 11) is -3.29. The lowest BCUT2D eigenvalue weighted by atomic mass is 10.2. The number of sulfone groups is 1. The van der Waals surface area contributed by atoms with Crippen LogP contribution in [0.25, 0.3) is 6.08 Å². The maximum absolute atomic E-state index is 11.8. The van der Waals surface area contributed by atoms with Gasteiger partial charge in [-0.05, 0) is 29.8 Å². The Hall–Kier alpha value is -1.52. The van der Waals surface area contributed by atoms with Gasteiger partial charge in [0.15, 0.2) is 9.84 Å². The molecule has 2 aromatic rings. The lowest BCUT2D eigenvalue weighted by Crippen LogP contribution is -1.99. The van der Waals surface area contributed by atoms with Gasteiger partial charge in [-0.15, -0.1) is 0 Å². The lowest BCUT2D eigenvalue weighted by molar-refractivity contribution is 0.567. The Bertz CT molecular complexity index is 625. The summed E-state index contributed by atoms with van der Waals surface area (Å²) in [4.78, 5) is 0. The van der Waals surface area contributed by atoms with Crippen LogP contribution in [-0.2, 0) is 15.6 Å². The van der Waals surface area contributed by atoms with Gasteiger partial charge in [-0.3, -0.25) is 0 Å². The van der Waals surface area contributed by atoms with Gasteiger partial charge in [-0.25, -0.2) is 8.42 Å². The molecule has 0 saturated carbocycles. The van der Waals surface area contributed by atoms with E-state index >= 15 is 0 Å². The second kappa shape index (κ2) is 5.42. The van der Waals surface area contributed by atoms with E-state index in [-0.39, 0.29) is 5.75 Å². The van der Waals surface area contributed by atoms with Gasteiger partial charge in [0.25, 0.3) is 0 Å². The predicted octanol–water partition coefficient (Wildman–Crippen LogP) is 3.52. The normalized spacial score (nSPS) is 12.1. The molecular formula is C13H11ClO3S. The van der Waals surface area contributed by atoms with Crippen LogP contribution in [0.4, 0.5) is 0 Å². The Morgan fingerprint density at radius 1 is 1.17 bits per heavy atom. The third kappa shape index (κ3) is 3.75. The molecule has 0 bridgehead atoms. The second-order valence-corrected chi connectivity index (χ2v) is 6.12. The first-order valence-electron chi connectivity index (χ1n) is 5.23. The van der Waals surface area contributed by atoms with Gasteiger partial charge in [-0.1, -0.05) is 23.7 Å². The van der Waals surface area contributed by atoms with E-state index in [0.717, 1.165) is 5.56 Å². The van der Waals surface area contributed by atoms with Crippen LogP contribution in [0.15, 0.2) is 52.7 Å². The van der Waals surface area contributed by atoms with Gasteiger partial charge >= 0.3 is 0 Å². The second-order valence-electron chi connectivity index (χ2n) is 3.79. The molecule has 0 aliphatic heterocycles. The Balaban J connectivity index is 2.10. The van der Waals surface area contributed by atoms with E-state index in [2.05, 4.69) is 0 Å². The maximum Gasteiger partial charge on any atom is 0.175 e. The minimum atomic E-state index is -3.29. The average Bonchev–Trinajstić information content (AvgIpc) is 2.83. The van der Waals surface area contributed by atoms with Crippen molar-refractivity contribution in [2.75, 3.05) is 0 Å². The molecular weight excluding hydrogens is 272 g/mol. The van der Waals surface area contributed by atoms with E-state index in [9.17, 15) is 8.42 Å². The molecule has 0 amide bonds. The highest BCUT2D eigenvalue weighted by Gasteiger charge is 2.07. The topological polar surface area (TPSA) is 47.3 Å². The molecule has 1 aromatic carbocycles. The molecule has 0 fully saturated rings. The SMILES string of the molecule is O=S(=O)(C=Cc1ccoc1)Cc1ccc(Cl)cc1. The number of hydrogen-bond donors (Lipinski definition) is 0. The number of furan rings is 1. The largest absolute Gasteiger partial charge is 0.472 e. The van der Waals surface area contributed by atoms with Gasteiger partial charge in [0.1, 0.15) is 0 Å². The van der Waals surface area contributed by atoms with Crippen LogP contribution in [0.1, 0.15) is 11.1 Å². The summed E-state index contributed by atoms with van der Waals surface area (Å²) in [5.74, 6) is -0.0431. The molecule has 0 aliphatic carbocycles. The van der Waals surface area contributed by atoms with E-state index in [0.29, 0.717) is 10.6 Å². The number of benzene rings is 1. The van der Waals surface area contributed by atoms with Gasteiger partial charge in [0.05, 0.1) is 18.3 Å². The van der Waals surface area contributed by atoms with E-state index in [1.807, 2.05) is 0 Å². The number of hydrogen-bond acceptors (Lipinski definition) is 3. The van der Waals surface area contributed by atoms with Crippen molar-refractivity contribution >= 4 is 27.5 Å². The first-order chi connectivity index (χ1) is 8.55. The van der Waals surface area contributed by atoms with E-state index in [1.54, 1.807) is 30.3 Å². The Labute approximate surface area is 111 Å². The van der Waals surface area contributed by atoms with Crippen LogP contribution in [0.5, 0.6) is 0 Å². The number of rotatable bonds is 4. The summed E-state index contributed by atoms with van der Waals surface area (Å²) in [5, 5.41) is 1.78. The zero-order chi connectivity index (χ0) is 13.0. The molecule has 3 nitrogen and oxygen atoms in total. The molecule has 0 spiro atoms. The third-order valence-corrected chi connectivity index (χ3v) is 3.83. The van der Waals surface area contributed by atoms with Gasteiger partial charge in [0.2, 0.25) is 0 Å². The van der Waals surface area contributed by atoms with Crippen molar-refractivity contribution in [1.29, 1.82) is 0 Å². The Morgan fingerprint density at radius 2 is 1.89 bits per heavy atom. The molecule has 0 unspecified atom stereocenters. The minimum absolute atomic E-state index is 0.0431. The Morgan fingerprint density at radius 3 is 2.50 bits per heavy atom. The first kappa shape index (κ1) is 12.9. The summed E-state index contributed by atoms with van der Waals surface area (Å²) in [6.45, 7) is 0. The zero-order valence-electron chi connectivity index (χ0n) is 9.41. The summed E-state index contributed by atoms with van der Waals surface area (Å²) >= 11 is 5.74. The third-order valence-electron chi connectivity index (χ3n) is 2.29. The monoisotopic (exact) mass is 282 g/mol. The highest BCUT2D eigenvalue weighted by molar-refractivity contribution is 7.93. The van der Waals surface area contributed by atoms with E-state index in [4.69, 9.17) is 16.0 Å². The maximum atomic E-state index is 11.8. The smallest absolute Gasteiger partial charge is 0.175 e.